The number of hydrazone groups is 1. The van der Waals surface area contributed by atoms with Gasteiger partial charge in [-0.05, 0) is 23.3 Å². The van der Waals surface area contributed by atoms with Gasteiger partial charge in [-0.25, -0.2) is 0 Å². The minimum absolute atomic E-state index is 0.326. The number of nitrogens with two attached hydrogens (primary N) is 1. The number of nitrogens with zero attached hydrogens (tertiary/aromatic N) is 2. The first-order valence-corrected chi connectivity index (χ1v) is 7.34. The molecule has 0 aliphatic carbocycles. The van der Waals surface area contributed by atoms with E-state index in [-0.39, 0.29) is 0 Å². The molecular formula is C17H19ClN4. The topological polar surface area (TPSA) is 65.5 Å². The predicted octanol–water partition coefficient (Wildman–Crippen LogP) is 3.33. The van der Waals surface area contributed by atoms with Crippen molar-refractivity contribution in [3.8, 4) is 0 Å². The van der Waals surface area contributed by atoms with Crippen molar-refractivity contribution in [2.24, 2.45) is 10.8 Å². The molecule has 2 aromatic carbocycles. The molecule has 3 rings (SSSR count). The summed E-state index contributed by atoms with van der Waals surface area (Å²) in [6.07, 6.45) is 0.750. The summed E-state index contributed by atoms with van der Waals surface area (Å²) in [7, 11) is 2.01. The number of hydrogen-bond donors (Lipinski definition) is 2. The summed E-state index contributed by atoms with van der Waals surface area (Å²) in [5.74, 6) is 0.326. The van der Waals surface area contributed by atoms with Crippen molar-refractivity contribution in [2.45, 2.75) is 5.92 Å². The van der Waals surface area contributed by atoms with Crippen molar-refractivity contribution in [2.75, 3.05) is 13.6 Å². The summed E-state index contributed by atoms with van der Waals surface area (Å²) in [5, 5.41) is 13.3. The van der Waals surface area contributed by atoms with Gasteiger partial charge in [0.2, 0.25) is 0 Å². The van der Waals surface area contributed by atoms with Gasteiger partial charge in [-0.1, -0.05) is 54.1 Å². The summed E-state index contributed by atoms with van der Waals surface area (Å²) in [6, 6.07) is 18.4. The Morgan fingerprint density at radius 1 is 1.18 bits per heavy atom. The maximum Gasteiger partial charge on any atom is 0.0770 e. The molecule has 3 N–H and O–H groups in total. The number of hydrogen-bond acceptors (Lipinski definition) is 3. The molecule has 4 nitrogen and oxygen atoms in total. The van der Waals surface area contributed by atoms with E-state index in [1.807, 2.05) is 42.4 Å². The van der Waals surface area contributed by atoms with Crippen molar-refractivity contribution in [3.05, 3.63) is 70.7 Å². The van der Waals surface area contributed by atoms with Gasteiger partial charge in [-0.3, -0.25) is 10.4 Å². The Morgan fingerprint density at radius 2 is 1.77 bits per heavy atom. The van der Waals surface area contributed by atoms with Gasteiger partial charge < -0.3 is 5.73 Å². The van der Waals surface area contributed by atoms with Crippen LogP contribution < -0.4 is 5.73 Å². The van der Waals surface area contributed by atoms with Gasteiger partial charge in [0.25, 0.3) is 0 Å². The predicted molar refractivity (Wildman–Crippen MR) is 92.8 cm³/mol. The Labute approximate surface area is 135 Å². The van der Waals surface area contributed by atoms with Gasteiger partial charge in [0, 0.05) is 24.5 Å². The van der Waals surface area contributed by atoms with E-state index >= 15 is 0 Å². The zero-order valence-corrected chi connectivity index (χ0v) is 13.2. The molecule has 0 aromatic heterocycles. The highest BCUT2D eigenvalue weighted by atomic mass is 35.5. The number of nitrogens with one attached hydrogen (secondary N) is 1. The van der Waals surface area contributed by atoms with Gasteiger partial charge in [-0.15, -0.1) is 0 Å². The molecule has 22 heavy (non-hydrogen) atoms. The smallest absolute Gasteiger partial charge is 0.0770 e. The van der Waals surface area contributed by atoms with Crippen LogP contribution in [-0.4, -0.2) is 30.7 Å². The third-order valence-electron chi connectivity index (χ3n) is 3.40. The molecule has 1 unspecified atom stereocenters. The second kappa shape index (κ2) is 7.61. The summed E-state index contributed by atoms with van der Waals surface area (Å²) in [4.78, 5) is 0. The molecule has 2 aromatic rings. The molecule has 1 aliphatic heterocycles. The molecule has 0 bridgehead atoms. The van der Waals surface area contributed by atoms with Crippen molar-refractivity contribution in [3.63, 3.8) is 0 Å². The van der Waals surface area contributed by atoms with Crippen LogP contribution in [0.2, 0.25) is 5.02 Å². The van der Waals surface area contributed by atoms with Crippen LogP contribution in [-0.2, 0) is 0 Å². The Kier molecular flexibility index (Phi) is 5.55. The second-order valence-corrected chi connectivity index (χ2v) is 5.40. The number of rotatable bonds is 2. The highest BCUT2D eigenvalue weighted by Gasteiger charge is 2.27. The first-order chi connectivity index (χ1) is 10.7. The zero-order valence-electron chi connectivity index (χ0n) is 12.4. The largest absolute Gasteiger partial charge is 0.390 e. The molecule has 1 heterocycles. The molecular weight excluding hydrogens is 296 g/mol. The molecule has 1 aliphatic rings. The van der Waals surface area contributed by atoms with Crippen molar-refractivity contribution in [1.29, 1.82) is 5.41 Å². The molecule has 0 amide bonds. The van der Waals surface area contributed by atoms with Crippen LogP contribution >= 0.6 is 11.6 Å². The lowest BCUT2D eigenvalue weighted by atomic mass is 9.91. The first-order valence-electron chi connectivity index (χ1n) is 6.97. The van der Waals surface area contributed by atoms with Crippen molar-refractivity contribution < 1.29 is 0 Å². The molecule has 0 fully saturated rings. The van der Waals surface area contributed by atoms with E-state index in [2.05, 4.69) is 35.1 Å². The minimum Gasteiger partial charge on any atom is -0.390 e. The van der Waals surface area contributed by atoms with Crippen LogP contribution in [0.1, 0.15) is 17.0 Å². The van der Waals surface area contributed by atoms with Gasteiger partial charge in [-0.2, -0.15) is 5.10 Å². The van der Waals surface area contributed by atoms with Crippen LogP contribution in [0.15, 0.2) is 59.7 Å². The van der Waals surface area contributed by atoms with E-state index in [1.165, 1.54) is 5.56 Å². The Balaban J connectivity index is 0.000000545. The fourth-order valence-electron chi connectivity index (χ4n) is 2.47. The number of halogens is 1. The SMILES string of the molecule is CN1CC(c2ccccc2)C(c2ccc(Cl)cc2)=N1.N=CN. The Hall–Kier alpha value is -2.33. The summed E-state index contributed by atoms with van der Waals surface area (Å²) >= 11 is 5.95. The van der Waals surface area contributed by atoms with E-state index in [9.17, 15) is 0 Å². The van der Waals surface area contributed by atoms with Crippen LogP contribution in [0.25, 0.3) is 0 Å². The van der Waals surface area contributed by atoms with E-state index in [1.54, 1.807) is 0 Å². The average Bonchev–Trinajstić information content (AvgIpc) is 2.92. The highest BCUT2D eigenvalue weighted by Crippen LogP contribution is 2.28. The lowest BCUT2D eigenvalue weighted by Gasteiger charge is -2.13. The first kappa shape index (κ1) is 16.0. The maximum absolute atomic E-state index is 5.95. The summed E-state index contributed by atoms with van der Waals surface area (Å²) in [5.41, 5.74) is 7.95. The van der Waals surface area contributed by atoms with E-state index < -0.39 is 0 Å². The van der Waals surface area contributed by atoms with Gasteiger partial charge in [0.1, 0.15) is 0 Å². The van der Waals surface area contributed by atoms with Gasteiger partial charge >= 0.3 is 0 Å². The van der Waals surface area contributed by atoms with E-state index in [4.69, 9.17) is 17.0 Å². The minimum atomic E-state index is 0.326. The Morgan fingerprint density at radius 3 is 2.36 bits per heavy atom. The standard InChI is InChI=1S/C16H15ClN2.CH4N2/c1-19-11-15(12-5-3-2-4-6-12)16(18-19)13-7-9-14(17)10-8-13;2-1-3/h2-10,15H,11H2,1H3;1H,(H3,2,3). The van der Waals surface area contributed by atoms with Gasteiger partial charge in [0.15, 0.2) is 0 Å². The molecule has 0 saturated carbocycles. The van der Waals surface area contributed by atoms with E-state index in [0.717, 1.165) is 29.2 Å². The van der Waals surface area contributed by atoms with E-state index in [0.29, 0.717) is 5.92 Å². The van der Waals surface area contributed by atoms with Gasteiger partial charge in [0.05, 0.1) is 12.1 Å². The zero-order chi connectivity index (χ0) is 15.9. The quantitative estimate of drug-likeness (QED) is 0.659. The molecule has 5 heteroatoms. The molecule has 114 valence electrons. The monoisotopic (exact) mass is 314 g/mol. The lowest BCUT2D eigenvalue weighted by molar-refractivity contribution is 0.381. The second-order valence-electron chi connectivity index (χ2n) is 4.96. The molecule has 1 atom stereocenters. The lowest BCUT2D eigenvalue weighted by Crippen LogP contribution is -2.15. The highest BCUT2D eigenvalue weighted by molar-refractivity contribution is 6.30. The maximum atomic E-state index is 5.95. The number of benzene rings is 2. The third kappa shape index (κ3) is 3.86. The fourth-order valence-corrected chi connectivity index (χ4v) is 2.60. The summed E-state index contributed by atoms with van der Waals surface area (Å²) in [6.45, 7) is 0.919. The summed E-state index contributed by atoms with van der Waals surface area (Å²) < 4.78 is 0. The van der Waals surface area contributed by atoms with Crippen molar-refractivity contribution >= 4 is 23.7 Å². The number of likely N-dealkylation sites (N-methyl/N-ethyl adjacent to an activating group) is 1. The van der Waals surface area contributed by atoms with Crippen LogP contribution in [0.5, 0.6) is 0 Å². The molecule has 0 spiro atoms. The third-order valence-corrected chi connectivity index (χ3v) is 3.65. The molecule has 0 saturated heterocycles. The van der Waals surface area contributed by atoms with Crippen molar-refractivity contribution in [1.82, 2.24) is 5.01 Å². The normalized spacial score (nSPS) is 16.5. The van der Waals surface area contributed by atoms with Crippen LogP contribution in [0.4, 0.5) is 0 Å². The average molecular weight is 315 g/mol. The fraction of sp³-hybridized carbons (Fsp3) is 0.176. The Bertz CT molecular complexity index is 637. The molecule has 0 radical (unpaired) electrons. The van der Waals surface area contributed by atoms with Crippen LogP contribution in [0, 0.1) is 5.41 Å². The van der Waals surface area contributed by atoms with Crippen LogP contribution in [0.3, 0.4) is 0 Å².